The van der Waals surface area contributed by atoms with E-state index in [0.29, 0.717) is 0 Å². The Morgan fingerprint density at radius 3 is 2.79 bits per heavy atom. The second-order valence-electron chi connectivity index (χ2n) is 5.04. The molecular formula is C15H20N2O2. The van der Waals surface area contributed by atoms with Gasteiger partial charge in [-0.15, -0.1) is 0 Å². The van der Waals surface area contributed by atoms with Gasteiger partial charge < -0.3 is 19.8 Å². The van der Waals surface area contributed by atoms with Gasteiger partial charge in [0.2, 0.25) is 0 Å². The van der Waals surface area contributed by atoms with Crippen LogP contribution in [0.5, 0.6) is 11.5 Å². The SMILES string of the molecule is COc1cc(OC)c2c(CCNC3CC3)c[nH]c2c1. The molecule has 0 saturated heterocycles. The quantitative estimate of drug-likeness (QED) is 0.838. The number of aromatic amines is 1. The monoisotopic (exact) mass is 260 g/mol. The summed E-state index contributed by atoms with van der Waals surface area (Å²) in [6.45, 7) is 1.02. The van der Waals surface area contributed by atoms with Crippen molar-refractivity contribution in [1.29, 1.82) is 0 Å². The maximum absolute atomic E-state index is 5.49. The summed E-state index contributed by atoms with van der Waals surface area (Å²) in [5.41, 5.74) is 2.36. The smallest absolute Gasteiger partial charge is 0.132 e. The zero-order valence-electron chi connectivity index (χ0n) is 11.5. The fourth-order valence-electron chi connectivity index (χ4n) is 2.45. The Morgan fingerprint density at radius 2 is 2.11 bits per heavy atom. The highest BCUT2D eigenvalue weighted by Crippen LogP contribution is 2.33. The van der Waals surface area contributed by atoms with E-state index in [-0.39, 0.29) is 0 Å². The Balaban J connectivity index is 1.86. The highest BCUT2D eigenvalue weighted by Gasteiger charge is 2.20. The van der Waals surface area contributed by atoms with Gasteiger partial charge in [0, 0.05) is 29.8 Å². The second kappa shape index (κ2) is 5.13. The molecule has 1 heterocycles. The van der Waals surface area contributed by atoms with Crippen LogP contribution >= 0.6 is 0 Å². The van der Waals surface area contributed by atoms with Crippen LogP contribution in [0.15, 0.2) is 18.3 Å². The zero-order chi connectivity index (χ0) is 13.2. The molecule has 1 fully saturated rings. The Labute approximate surface area is 113 Å². The van der Waals surface area contributed by atoms with Crippen LogP contribution in [0.2, 0.25) is 0 Å². The van der Waals surface area contributed by atoms with Crippen molar-refractivity contribution in [3.05, 3.63) is 23.9 Å². The maximum atomic E-state index is 5.49. The average molecular weight is 260 g/mol. The van der Waals surface area contributed by atoms with Gasteiger partial charge >= 0.3 is 0 Å². The minimum Gasteiger partial charge on any atom is -0.497 e. The van der Waals surface area contributed by atoms with Crippen LogP contribution in [-0.2, 0) is 6.42 Å². The van der Waals surface area contributed by atoms with Gasteiger partial charge in [-0.1, -0.05) is 0 Å². The molecule has 0 amide bonds. The lowest BCUT2D eigenvalue weighted by atomic mass is 10.1. The molecule has 0 bridgehead atoms. The van der Waals surface area contributed by atoms with Crippen molar-refractivity contribution in [2.45, 2.75) is 25.3 Å². The van der Waals surface area contributed by atoms with Crippen molar-refractivity contribution < 1.29 is 9.47 Å². The third kappa shape index (κ3) is 2.54. The Bertz CT molecular complexity index is 573. The number of fused-ring (bicyclic) bond motifs is 1. The van der Waals surface area contributed by atoms with E-state index in [2.05, 4.69) is 16.5 Å². The third-order valence-electron chi connectivity index (χ3n) is 3.66. The predicted octanol–water partition coefficient (Wildman–Crippen LogP) is 2.48. The largest absolute Gasteiger partial charge is 0.497 e. The number of nitrogens with one attached hydrogen (secondary N) is 2. The lowest BCUT2D eigenvalue weighted by molar-refractivity contribution is 0.398. The Kier molecular flexibility index (Phi) is 3.34. The van der Waals surface area contributed by atoms with Gasteiger partial charge in [0.15, 0.2) is 0 Å². The van der Waals surface area contributed by atoms with E-state index in [1.807, 2.05) is 12.1 Å². The van der Waals surface area contributed by atoms with E-state index in [1.54, 1.807) is 14.2 Å². The standard InChI is InChI=1S/C15H20N2O2/c1-18-12-7-13-15(14(8-12)19-2)10(9-17-13)5-6-16-11-3-4-11/h7-9,11,16-17H,3-6H2,1-2H3. The van der Waals surface area contributed by atoms with Crippen molar-refractivity contribution in [1.82, 2.24) is 10.3 Å². The lowest BCUT2D eigenvalue weighted by Crippen LogP contribution is -2.19. The molecule has 0 unspecified atom stereocenters. The molecule has 3 rings (SSSR count). The molecule has 1 aliphatic carbocycles. The zero-order valence-corrected chi connectivity index (χ0v) is 11.5. The first kappa shape index (κ1) is 12.4. The molecule has 4 nitrogen and oxygen atoms in total. The van der Waals surface area contributed by atoms with Gasteiger partial charge in [-0.25, -0.2) is 0 Å². The molecule has 1 saturated carbocycles. The first-order valence-electron chi connectivity index (χ1n) is 6.77. The summed E-state index contributed by atoms with van der Waals surface area (Å²) in [5.74, 6) is 1.69. The topological polar surface area (TPSA) is 46.3 Å². The molecule has 0 atom stereocenters. The minimum atomic E-state index is 0.757. The lowest BCUT2D eigenvalue weighted by Gasteiger charge is -2.08. The van der Waals surface area contributed by atoms with Gasteiger partial charge in [-0.3, -0.25) is 0 Å². The van der Waals surface area contributed by atoms with Gasteiger partial charge in [0.05, 0.1) is 19.7 Å². The predicted molar refractivity (Wildman–Crippen MR) is 76.1 cm³/mol. The molecule has 0 aliphatic heterocycles. The van der Waals surface area contributed by atoms with Crippen molar-refractivity contribution in [3.8, 4) is 11.5 Å². The first-order chi connectivity index (χ1) is 9.31. The molecule has 2 N–H and O–H groups in total. The van der Waals surface area contributed by atoms with E-state index in [0.717, 1.165) is 36.0 Å². The van der Waals surface area contributed by atoms with Gasteiger partial charge in [0.1, 0.15) is 11.5 Å². The van der Waals surface area contributed by atoms with Crippen LogP contribution in [0.25, 0.3) is 10.9 Å². The summed E-state index contributed by atoms with van der Waals surface area (Å²) >= 11 is 0. The molecular weight excluding hydrogens is 240 g/mol. The highest BCUT2D eigenvalue weighted by atomic mass is 16.5. The summed E-state index contributed by atoms with van der Waals surface area (Å²) in [6.07, 6.45) is 5.74. The van der Waals surface area contributed by atoms with E-state index in [9.17, 15) is 0 Å². The Hall–Kier alpha value is -1.68. The fraction of sp³-hybridized carbons (Fsp3) is 0.467. The molecule has 102 valence electrons. The number of ether oxygens (including phenoxy) is 2. The first-order valence-corrected chi connectivity index (χ1v) is 6.77. The van der Waals surface area contributed by atoms with Crippen molar-refractivity contribution in [3.63, 3.8) is 0 Å². The summed E-state index contributed by atoms with van der Waals surface area (Å²) in [4.78, 5) is 3.30. The normalized spacial score (nSPS) is 14.8. The van der Waals surface area contributed by atoms with Crippen LogP contribution in [0.3, 0.4) is 0 Å². The maximum Gasteiger partial charge on any atom is 0.132 e. The average Bonchev–Trinajstić information content (AvgIpc) is 3.17. The van der Waals surface area contributed by atoms with E-state index in [4.69, 9.17) is 9.47 Å². The van der Waals surface area contributed by atoms with Crippen LogP contribution < -0.4 is 14.8 Å². The number of hydrogen-bond acceptors (Lipinski definition) is 3. The van der Waals surface area contributed by atoms with E-state index >= 15 is 0 Å². The number of H-pyrrole nitrogens is 1. The van der Waals surface area contributed by atoms with Crippen molar-refractivity contribution >= 4 is 10.9 Å². The summed E-state index contributed by atoms with van der Waals surface area (Å²) in [7, 11) is 3.37. The molecule has 0 spiro atoms. The second-order valence-corrected chi connectivity index (χ2v) is 5.04. The molecule has 1 aromatic carbocycles. The van der Waals surface area contributed by atoms with Crippen LogP contribution in [0.1, 0.15) is 18.4 Å². The number of rotatable bonds is 6. The van der Waals surface area contributed by atoms with Crippen molar-refractivity contribution in [2.75, 3.05) is 20.8 Å². The number of benzene rings is 1. The molecule has 0 radical (unpaired) electrons. The van der Waals surface area contributed by atoms with Gasteiger partial charge in [-0.2, -0.15) is 0 Å². The van der Waals surface area contributed by atoms with Gasteiger partial charge in [-0.05, 0) is 31.4 Å². The molecule has 4 heteroatoms. The van der Waals surface area contributed by atoms with Crippen LogP contribution in [0, 0.1) is 0 Å². The van der Waals surface area contributed by atoms with Crippen LogP contribution in [-0.4, -0.2) is 31.8 Å². The number of aromatic nitrogens is 1. The third-order valence-corrected chi connectivity index (χ3v) is 3.66. The van der Waals surface area contributed by atoms with Gasteiger partial charge in [0.25, 0.3) is 0 Å². The fourth-order valence-corrected chi connectivity index (χ4v) is 2.45. The minimum absolute atomic E-state index is 0.757. The summed E-state index contributed by atoms with van der Waals surface area (Å²) < 4.78 is 10.8. The van der Waals surface area contributed by atoms with E-state index < -0.39 is 0 Å². The number of methoxy groups -OCH3 is 2. The molecule has 19 heavy (non-hydrogen) atoms. The highest BCUT2D eigenvalue weighted by molar-refractivity contribution is 5.90. The van der Waals surface area contributed by atoms with Crippen LogP contribution in [0.4, 0.5) is 0 Å². The molecule has 1 aliphatic rings. The van der Waals surface area contributed by atoms with Crippen molar-refractivity contribution in [2.24, 2.45) is 0 Å². The molecule has 1 aromatic heterocycles. The number of hydrogen-bond donors (Lipinski definition) is 2. The molecule has 2 aromatic rings. The summed E-state index contributed by atoms with van der Waals surface area (Å²) in [6, 6.07) is 4.70. The Morgan fingerprint density at radius 1 is 1.26 bits per heavy atom. The van der Waals surface area contributed by atoms with E-state index in [1.165, 1.54) is 23.8 Å². The summed E-state index contributed by atoms with van der Waals surface area (Å²) in [5, 5.41) is 4.71.